The first-order chi connectivity index (χ1) is 13.2. The Morgan fingerprint density at radius 2 is 1.78 bits per heavy atom. The summed E-state index contributed by atoms with van der Waals surface area (Å²) in [6.07, 6.45) is 10.5. The Hall–Kier alpha value is -1.92. The Kier molecular flexibility index (Phi) is 5.45. The molecule has 0 spiro atoms. The van der Waals surface area contributed by atoms with Crippen LogP contribution in [0.4, 0.5) is 0 Å². The normalized spacial score (nSPS) is 29.1. The van der Waals surface area contributed by atoms with E-state index in [1.165, 1.54) is 30.4 Å². The van der Waals surface area contributed by atoms with Gasteiger partial charge >= 0.3 is 0 Å². The third-order valence-electron chi connectivity index (χ3n) is 6.11. The van der Waals surface area contributed by atoms with Gasteiger partial charge in [0.25, 0.3) is 5.91 Å². The van der Waals surface area contributed by atoms with Crippen molar-refractivity contribution in [3.63, 3.8) is 0 Å². The van der Waals surface area contributed by atoms with Crippen molar-refractivity contribution in [3.8, 4) is 0 Å². The average Bonchev–Trinajstić information content (AvgIpc) is 3.26. The third kappa shape index (κ3) is 3.87. The van der Waals surface area contributed by atoms with Gasteiger partial charge in [-0.3, -0.25) is 14.5 Å². The van der Waals surface area contributed by atoms with Crippen molar-refractivity contribution >= 4 is 11.8 Å². The molecule has 2 atom stereocenters. The molecule has 2 amide bonds. The van der Waals surface area contributed by atoms with Crippen molar-refractivity contribution in [1.82, 2.24) is 14.7 Å². The van der Waals surface area contributed by atoms with Crippen molar-refractivity contribution in [2.45, 2.75) is 38.3 Å². The average molecular weight is 371 g/mol. The molecular weight excluding hydrogens is 342 g/mol. The quantitative estimate of drug-likeness (QED) is 0.427. The Labute approximate surface area is 161 Å². The number of allylic oxidation sites excluding steroid dienone is 3. The molecule has 6 heteroatoms. The van der Waals surface area contributed by atoms with Crippen LogP contribution >= 0.6 is 0 Å². The van der Waals surface area contributed by atoms with Gasteiger partial charge in [0.05, 0.1) is 6.61 Å². The number of carbonyl (C=O) groups is 2. The predicted molar refractivity (Wildman–Crippen MR) is 103 cm³/mol. The van der Waals surface area contributed by atoms with E-state index in [1.54, 1.807) is 12.2 Å². The number of rotatable bonds is 3. The molecular formula is C21H29N3O3. The molecule has 0 radical (unpaired) electrons. The van der Waals surface area contributed by atoms with Crippen molar-refractivity contribution in [2.75, 3.05) is 45.9 Å². The van der Waals surface area contributed by atoms with E-state index < -0.39 is 0 Å². The fourth-order valence-electron chi connectivity index (χ4n) is 4.58. The van der Waals surface area contributed by atoms with Crippen LogP contribution in [-0.2, 0) is 14.3 Å². The molecule has 0 unspecified atom stereocenters. The van der Waals surface area contributed by atoms with Crippen molar-refractivity contribution in [1.29, 1.82) is 0 Å². The minimum absolute atomic E-state index is 0.0344. The lowest BCUT2D eigenvalue weighted by atomic mass is 10.0. The smallest absolute Gasteiger partial charge is 0.253 e. The number of morpholine rings is 1. The summed E-state index contributed by atoms with van der Waals surface area (Å²) < 4.78 is 5.93. The summed E-state index contributed by atoms with van der Waals surface area (Å²) in [5.41, 5.74) is 2.45. The molecule has 6 nitrogen and oxygen atoms in total. The molecule has 4 aliphatic rings. The van der Waals surface area contributed by atoms with Crippen LogP contribution in [0.1, 0.15) is 26.2 Å². The maximum atomic E-state index is 12.9. The SMILES string of the molecule is C/C=C/C=C/C(=O)N1CC2=C(C1)CN(C(=O)[C@@H]1CN3CCCC[C@H]3CO1)C2. The molecule has 0 aliphatic carbocycles. The molecule has 27 heavy (non-hydrogen) atoms. The second-order valence-electron chi connectivity index (χ2n) is 7.95. The van der Waals surface area contributed by atoms with E-state index in [4.69, 9.17) is 4.74 Å². The molecule has 0 aromatic carbocycles. The van der Waals surface area contributed by atoms with E-state index >= 15 is 0 Å². The molecule has 0 aromatic heterocycles. The minimum Gasteiger partial charge on any atom is -0.365 e. The highest BCUT2D eigenvalue weighted by atomic mass is 16.5. The van der Waals surface area contributed by atoms with E-state index in [0.717, 1.165) is 13.1 Å². The molecule has 4 rings (SSSR count). The highest BCUT2D eigenvalue weighted by molar-refractivity contribution is 5.89. The van der Waals surface area contributed by atoms with Crippen molar-refractivity contribution < 1.29 is 14.3 Å². The number of piperidine rings is 1. The highest BCUT2D eigenvalue weighted by Gasteiger charge is 2.39. The highest BCUT2D eigenvalue weighted by Crippen LogP contribution is 2.28. The van der Waals surface area contributed by atoms with Crippen LogP contribution < -0.4 is 0 Å². The molecule has 4 aliphatic heterocycles. The maximum absolute atomic E-state index is 12.9. The zero-order valence-electron chi connectivity index (χ0n) is 16.1. The van der Waals surface area contributed by atoms with Gasteiger partial charge in [0.1, 0.15) is 6.10 Å². The Morgan fingerprint density at radius 1 is 1.04 bits per heavy atom. The van der Waals surface area contributed by atoms with Gasteiger partial charge in [-0.2, -0.15) is 0 Å². The van der Waals surface area contributed by atoms with E-state index in [0.29, 0.717) is 38.8 Å². The number of hydrogen-bond donors (Lipinski definition) is 0. The van der Waals surface area contributed by atoms with Crippen LogP contribution in [0.2, 0.25) is 0 Å². The fourth-order valence-corrected chi connectivity index (χ4v) is 4.58. The van der Waals surface area contributed by atoms with Gasteiger partial charge in [-0.1, -0.05) is 24.6 Å². The first kappa shape index (κ1) is 18.4. The summed E-state index contributed by atoms with van der Waals surface area (Å²) in [6, 6.07) is 0.500. The lowest BCUT2D eigenvalue weighted by Gasteiger charge is -2.42. The van der Waals surface area contributed by atoms with Gasteiger partial charge in [-0.15, -0.1) is 0 Å². The first-order valence-electron chi connectivity index (χ1n) is 10.1. The lowest BCUT2D eigenvalue weighted by Crippen LogP contribution is -2.56. The number of fused-ring (bicyclic) bond motifs is 1. The van der Waals surface area contributed by atoms with Crippen LogP contribution in [0, 0.1) is 0 Å². The summed E-state index contributed by atoms with van der Waals surface area (Å²) in [5, 5.41) is 0. The van der Waals surface area contributed by atoms with Crippen LogP contribution in [0.25, 0.3) is 0 Å². The van der Waals surface area contributed by atoms with Gasteiger partial charge in [0.2, 0.25) is 5.91 Å². The summed E-state index contributed by atoms with van der Waals surface area (Å²) >= 11 is 0. The monoisotopic (exact) mass is 371 g/mol. The summed E-state index contributed by atoms with van der Waals surface area (Å²) in [7, 11) is 0. The molecule has 0 bridgehead atoms. The minimum atomic E-state index is -0.333. The van der Waals surface area contributed by atoms with Crippen molar-refractivity contribution in [2.24, 2.45) is 0 Å². The Morgan fingerprint density at radius 3 is 2.52 bits per heavy atom. The van der Waals surface area contributed by atoms with Gasteiger partial charge in [-0.05, 0) is 37.5 Å². The van der Waals surface area contributed by atoms with Crippen LogP contribution in [-0.4, -0.2) is 84.5 Å². The number of ether oxygens (including phenoxy) is 1. The summed E-state index contributed by atoms with van der Waals surface area (Å²) in [6.45, 7) is 6.97. The second kappa shape index (κ2) is 7.98. The van der Waals surface area contributed by atoms with Crippen LogP contribution in [0.15, 0.2) is 35.5 Å². The molecule has 2 fully saturated rings. The van der Waals surface area contributed by atoms with Gasteiger partial charge < -0.3 is 14.5 Å². The lowest BCUT2D eigenvalue weighted by molar-refractivity contribution is -0.153. The van der Waals surface area contributed by atoms with Crippen molar-refractivity contribution in [3.05, 3.63) is 35.5 Å². The van der Waals surface area contributed by atoms with E-state index in [9.17, 15) is 9.59 Å². The number of hydrogen-bond acceptors (Lipinski definition) is 4. The zero-order chi connectivity index (χ0) is 18.8. The number of nitrogens with zero attached hydrogens (tertiary/aromatic N) is 3. The van der Waals surface area contributed by atoms with E-state index in [-0.39, 0.29) is 17.9 Å². The largest absolute Gasteiger partial charge is 0.365 e. The molecule has 0 aromatic rings. The number of amides is 2. The zero-order valence-corrected chi connectivity index (χ0v) is 16.1. The first-order valence-corrected chi connectivity index (χ1v) is 10.1. The molecule has 4 heterocycles. The van der Waals surface area contributed by atoms with E-state index in [1.807, 2.05) is 28.9 Å². The Bertz CT molecular complexity index is 679. The second-order valence-corrected chi connectivity index (χ2v) is 7.95. The summed E-state index contributed by atoms with van der Waals surface area (Å²) in [5.74, 6) is 0.145. The molecule has 146 valence electrons. The van der Waals surface area contributed by atoms with Crippen LogP contribution in [0.5, 0.6) is 0 Å². The predicted octanol–water partition coefficient (Wildman–Crippen LogP) is 1.35. The molecule has 0 saturated carbocycles. The third-order valence-corrected chi connectivity index (χ3v) is 6.11. The van der Waals surface area contributed by atoms with Gasteiger partial charge in [0, 0.05) is 44.8 Å². The number of carbonyl (C=O) groups excluding carboxylic acids is 2. The Balaban J connectivity index is 1.29. The topological polar surface area (TPSA) is 53.1 Å². The molecule has 2 saturated heterocycles. The standard InChI is InChI=1S/C21H29N3O3/c1-2-3-4-8-20(25)23-10-16-12-24(13-17(16)11-23)21(26)19-14-22-9-6-5-7-18(22)15-27-19/h2-4,8,18-19H,5-7,9-15H2,1H3/b3-2+,8-4+/t18-,19-/m0/s1. The van der Waals surface area contributed by atoms with Gasteiger partial charge in [-0.25, -0.2) is 0 Å². The molecule has 0 N–H and O–H groups in total. The fraction of sp³-hybridized carbons (Fsp3) is 0.619. The summed E-state index contributed by atoms with van der Waals surface area (Å²) in [4.78, 5) is 31.4. The van der Waals surface area contributed by atoms with E-state index in [2.05, 4.69) is 4.90 Å². The van der Waals surface area contributed by atoms with Gasteiger partial charge in [0.15, 0.2) is 0 Å². The van der Waals surface area contributed by atoms with Crippen LogP contribution in [0.3, 0.4) is 0 Å². The maximum Gasteiger partial charge on any atom is 0.253 e.